The summed E-state index contributed by atoms with van der Waals surface area (Å²) in [6.07, 6.45) is 2.91. The number of carbonyl (C=O) groups excluding carboxylic acids is 1. The highest BCUT2D eigenvalue weighted by molar-refractivity contribution is 6.62. The topological polar surface area (TPSA) is 47.6 Å². The van der Waals surface area contributed by atoms with Gasteiger partial charge in [0, 0.05) is 12.5 Å². The van der Waals surface area contributed by atoms with Gasteiger partial charge in [-0.2, -0.15) is 0 Å². The molecule has 1 aliphatic carbocycles. The minimum atomic E-state index is -0.332. The van der Waals surface area contributed by atoms with Crippen molar-refractivity contribution in [3.05, 3.63) is 29.8 Å². The van der Waals surface area contributed by atoms with Crippen LogP contribution in [0.15, 0.2) is 24.3 Å². The highest BCUT2D eigenvalue weighted by Crippen LogP contribution is 2.36. The Kier molecular flexibility index (Phi) is 4.28. The summed E-state index contributed by atoms with van der Waals surface area (Å²) in [6.45, 7) is 8.92. The van der Waals surface area contributed by atoms with E-state index in [-0.39, 0.29) is 30.1 Å². The van der Waals surface area contributed by atoms with Crippen LogP contribution >= 0.6 is 0 Å². The molecule has 3 rings (SSSR count). The van der Waals surface area contributed by atoms with Crippen molar-refractivity contribution in [3.8, 4) is 0 Å². The van der Waals surface area contributed by atoms with Crippen LogP contribution in [0, 0.1) is 5.92 Å². The third-order valence-electron chi connectivity index (χ3n) is 5.14. The van der Waals surface area contributed by atoms with Crippen LogP contribution in [0.1, 0.15) is 46.1 Å². The second kappa shape index (κ2) is 5.95. The van der Waals surface area contributed by atoms with E-state index in [1.54, 1.807) is 0 Å². The van der Waals surface area contributed by atoms with Crippen LogP contribution in [-0.2, 0) is 20.5 Å². The van der Waals surface area contributed by atoms with Crippen LogP contribution in [0.4, 0.5) is 0 Å². The number of amides is 1. The van der Waals surface area contributed by atoms with E-state index >= 15 is 0 Å². The van der Waals surface area contributed by atoms with Gasteiger partial charge in [-0.25, -0.2) is 0 Å². The monoisotopic (exact) mass is 315 g/mol. The lowest BCUT2D eigenvalue weighted by Crippen LogP contribution is -2.41. The zero-order valence-electron chi connectivity index (χ0n) is 14.5. The van der Waals surface area contributed by atoms with Crippen molar-refractivity contribution in [2.75, 3.05) is 6.54 Å². The molecule has 0 spiro atoms. The standard InChI is InChI=1S/C18H26BNO3/c1-17(2)18(3,4)23-19(22-17)15-7-5-6-13(12-15)10-11-20-16(21)14-8-9-14/h5-7,12,14H,8-11H2,1-4H3,(H,20,21). The van der Waals surface area contributed by atoms with Gasteiger partial charge in [-0.05, 0) is 58.0 Å². The highest BCUT2D eigenvalue weighted by atomic mass is 16.7. The Hall–Kier alpha value is -1.33. The minimum Gasteiger partial charge on any atom is -0.399 e. The Morgan fingerprint density at radius 3 is 2.48 bits per heavy atom. The van der Waals surface area contributed by atoms with Gasteiger partial charge in [0.05, 0.1) is 11.2 Å². The summed E-state index contributed by atoms with van der Waals surface area (Å²) < 4.78 is 12.2. The number of hydrogen-bond donors (Lipinski definition) is 1. The quantitative estimate of drug-likeness (QED) is 0.846. The normalized spacial score (nSPS) is 22.2. The molecule has 2 aliphatic rings. The number of nitrogens with one attached hydrogen (secondary N) is 1. The number of benzene rings is 1. The lowest BCUT2D eigenvalue weighted by Gasteiger charge is -2.32. The summed E-state index contributed by atoms with van der Waals surface area (Å²) in [7, 11) is -0.332. The fraction of sp³-hybridized carbons (Fsp3) is 0.611. The van der Waals surface area contributed by atoms with Gasteiger partial charge in [-0.15, -0.1) is 0 Å². The molecule has 1 heterocycles. The van der Waals surface area contributed by atoms with E-state index < -0.39 is 0 Å². The zero-order valence-corrected chi connectivity index (χ0v) is 14.5. The van der Waals surface area contributed by atoms with E-state index in [4.69, 9.17) is 9.31 Å². The molecular formula is C18H26BNO3. The van der Waals surface area contributed by atoms with Gasteiger partial charge < -0.3 is 14.6 Å². The van der Waals surface area contributed by atoms with Gasteiger partial charge >= 0.3 is 7.12 Å². The molecule has 124 valence electrons. The van der Waals surface area contributed by atoms with Crippen LogP contribution in [-0.4, -0.2) is 30.8 Å². The average molecular weight is 315 g/mol. The summed E-state index contributed by atoms with van der Waals surface area (Å²) in [6, 6.07) is 8.26. The van der Waals surface area contributed by atoms with Crippen LogP contribution in [0.5, 0.6) is 0 Å². The van der Waals surface area contributed by atoms with Gasteiger partial charge in [0.25, 0.3) is 0 Å². The zero-order chi connectivity index (χ0) is 16.7. The molecule has 1 amide bonds. The molecule has 5 heteroatoms. The SMILES string of the molecule is CC1(C)OB(c2cccc(CCNC(=O)C3CC3)c2)OC1(C)C. The number of hydrogen-bond acceptors (Lipinski definition) is 3. The summed E-state index contributed by atoms with van der Waals surface area (Å²) in [4.78, 5) is 11.7. The molecule has 1 saturated heterocycles. The molecule has 4 nitrogen and oxygen atoms in total. The smallest absolute Gasteiger partial charge is 0.399 e. The second-order valence-electron chi connectivity index (χ2n) is 7.65. The maximum Gasteiger partial charge on any atom is 0.494 e. The molecule has 0 atom stereocenters. The summed E-state index contributed by atoms with van der Waals surface area (Å²) >= 11 is 0. The van der Waals surface area contributed by atoms with E-state index in [1.807, 2.05) is 12.1 Å². The molecule has 1 aliphatic heterocycles. The lowest BCUT2D eigenvalue weighted by atomic mass is 9.78. The van der Waals surface area contributed by atoms with Crippen molar-refractivity contribution in [2.24, 2.45) is 5.92 Å². The molecule has 1 N–H and O–H groups in total. The summed E-state index contributed by atoms with van der Waals surface area (Å²) in [5.41, 5.74) is 1.57. The van der Waals surface area contributed by atoms with Crippen molar-refractivity contribution in [1.82, 2.24) is 5.32 Å². The van der Waals surface area contributed by atoms with Gasteiger partial charge in [0.15, 0.2) is 0 Å². The Bertz CT molecular complexity index is 580. The molecule has 0 aromatic heterocycles. The number of carbonyl (C=O) groups is 1. The maximum absolute atomic E-state index is 11.7. The molecule has 1 aromatic carbocycles. The maximum atomic E-state index is 11.7. The lowest BCUT2D eigenvalue weighted by molar-refractivity contribution is -0.122. The summed E-state index contributed by atoms with van der Waals surface area (Å²) in [5, 5.41) is 3.01. The molecule has 23 heavy (non-hydrogen) atoms. The Labute approximate surface area is 139 Å². The number of rotatable bonds is 5. The predicted molar refractivity (Wildman–Crippen MR) is 91.6 cm³/mol. The van der Waals surface area contributed by atoms with E-state index in [1.165, 1.54) is 5.56 Å². The molecule has 0 radical (unpaired) electrons. The van der Waals surface area contributed by atoms with E-state index in [0.717, 1.165) is 24.7 Å². The van der Waals surface area contributed by atoms with Crippen molar-refractivity contribution in [3.63, 3.8) is 0 Å². The molecule has 1 saturated carbocycles. The molecule has 2 fully saturated rings. The summed E-state index contributed by atoms with van der Waals surface area (Å²) in [5.74, 6) is 0.471. The average Bonchev–Trinajstić information content (AvgIpc) is 3.27. The molecule has 0 unspecified atom stereocenters. The van der Waals surface area contributed by atoms with Gasteiger partial charge in [0.1, 0.15) is 0 Å². The first-order chi connectivity index (χ1) is 10.8. The first-order valence-corrected chi connectivity index (χ1v) is 8.51. The van der Waals surface area contributed by atoms with Crippen LogP contribution in [0.3, 0.4) is 0 Å². The predicted octanol–water partition coefficient (Wildman–Crippen LogP) is 2.05. The van der Waals surface area contributed by atoms with E-state index in [9.17, 15) is 4.79 Å². The Morgan fingerprint density at radius 1 is 1.22 bits per heavy atom. The van der Waals surface area contributed by atoms with Crippen LogP contribution in [0.25, 0.3) is 0 Å². The van der Waals surface area contributed by atoms with Crippen molar-refractivity contribution in [1.29, 1.82) is 0 Å². The van der Waals surface area contributed by atoms with Gasteiger partial charge in [-0.3, -0.25) is 4.79 Å². The van der Waals surface area contributed by atoms with Gasteiger partial charge in [0.2, 0.25) is 5.91 Å². The Balaban J connectivity index is 1.60. The minimum absolute atomic E-state index is 0.201. The van der Waals surface area contributed by atoms with Gasteiger partial charge in [-0.1, -0.05) is 24.3 Å². The molecule has 1 aromatic rings. The van der Waals surface area contributed by atoms with Crippen molar-refractivity contribution < 1.29 is 14.1 Å². The van der Waals surface area contributed by atoms with E-state index in [0.29, 0.717) is 6.54 Å². The molecular weight excluding hydrogens is 289 g/mol. The highest BCUT2D eigenvalue weighted by Gasteiger charge is 2.51. The van der Waals surface area contributed by atoms with Crippen molar-refractivity contribution in [2.45, 2.75) is 58.2 Å². The van der Waals surface area contributed by atoms with Crippen LogP contribution in [0.2, 0.25) is 0 Å². The fourth-order valence-corrected chi connectivity index (χ4v) is 2.69. The first-order valence-electron chi connectivity index (χ1n) is 8.51. The molecule has 0 bridgehead atoms. The third-order valence-corrected chi connectivity index (χ3v) is 5.14. The second-order valence-corrected chi connectivity index (χ2v) is 7.65. The van der Waals surface area contributed by atoms with E-state index in [2.05, 4.69) is 45.1 Å². The third kappa shape index (κ3) is 3.61. The largest absolute Gasteiger partial charge is 0.494 e. The van der Waals surface area contributed by atoms with Crippen LogP contribution < -0.4 is 10.8 Å². The Morgan fingerprint density at radius 2 is 1.87 bits per heavy atom. The fourth-order valence-electron chi connectivity index (χ4n) is 2.69. The van der Waals surface area contributed by atoms with Crippen molar-refractivity contribution >= 4 is 18.5 Å². The first kappa shape index (κ1) is 16.5.